The number of furan rings is 1. The van der Waals surface area contributed by atoms with Gasteiger partial charge in [-0.3, -0.25) is 14.7 Å². The maximum Gasteiger partial charge on any atom is 0.403 e. The fourth-order valence-corrected chi connectivity index (χ4v) is 3.40. The lowest BCUT2D eigenvalue weighted by Crippen LogP contribution is -2.56. The molecule has 0 spiro atoms. The van der Waals surface area contributed by atoms with Crippen LogP contribution in [-0.4, -0.2) is 67.1 Å². The minimum atomic E-state index is -4.22. The summed E-state index contributed by atoms with van der Waals surface area (Å²) in [5, 5.41) is 6.02. The molecule has 2 N–H and O–H groups in total. The highest BCUT2D eigenvalue weighted by Gasteiger charge is 2.41. The molecular formula is C21H26F3N5O2. The molecular weight excluding hydrogens is 411 g/mol. The first kappa shape index (κ1) is 22.7. The van der Waals surface area contributed by atoms with Crippen LogP contribution in [-0.2, 0) is 6.54 Å². The molecule has 7 nitrogen and oxygen atoms in total. The smallest absolute Gasteiger partial charge is 0.403 e. The Morgan fingerprint density at radius 1 is 1.19 bits per heavy atom. The van der Waals surface area contributed by atoms with E-state index >= 15 is 0 Å². The number of guanidine groups is 1. The summed E-state index contributed by atoms with van der Waals surface area (Å²) in [6, 6.07) is 9.12. The number of carbonyl (C=O) groups is 1. The Bertz CT molecular complexity index is 891. The number of anilines is 1. The largest absolute Gasteiger partial charge is 0.459 e. The van der Waals surface area contributed by atoms with Crippen LogP contribution in [0.3, 0.4) is 0 Å². The number of hydrogen-bond acceptors (Lipinski definition) is 4. The van der Waals surface area contributed by atoms with Crippen molar-refractivity contribution in [3.63, 3.8) is 0 Å². The molecule has 10 heteroatoms. The molecule has 1 saturated heterocycles. The molecule has 0 radical (unpaired) electrons. The average Bonchev–Trinajstić information content (AvgIpc) is 3.29. The molecule has 2 aromatic rings. The number of hydrogen-bond donors (Lipinski definition) is 2. The van der Waals surface area contributed by atoms with E-state index in [1.54, 1.807) is 25.2 Å². The number of alkyl halides is 3. The number of nitrogens with zero attached hydrogens (tertiary/aromatic N) is 3. The van der Waals surface area contributed by atoms with Crippen molar-refractivity contribution >= 4 is 17.6 Å². The van der Waals surface area contributed by atoms with Gasteiger partial charge < -0.3 is 20.0 Å². The first-order chi connectivity index (χ1) is 14.8. The van der Waals surface area contributed by atoms with E-state index in [1.165, 1.54) is 18.1 Å². The lowest BCUT2D eigenvalue weighted by molar-refractivity contribution is -0.181. The fourth-order valence-electron chi connectivity index (χ4n) is 3.40. The Balaban J connectivity index is 1.53. The van der Waals surface area contributed by atoms with Crippen LogP contribution in [0.15, 0.2) is 52.1 Å². The molecule has 168 valence electrons. The van der Waals surface area contributed by atoms with Crippen molar-refractivity contribution in [1.29, 1.82) is 0 Å². The Labute approximate surface area is 178 Å². The molecule has 0 aliphatic carbocycles. The monoisotopic (exact) mass is 437 g/mol. The summed E-state index contributed by atoms with van der Waals surface area (Å²) >= 11 is 0. The lowest BCUT2D eigenvalue weighted by Gasteiger charge is -2.39. The number of carbonyl (C=O) groups excluding carboxylic acids is 1. The lowest BCUT2D eigenvalue weighted by atomic mass is 10.2. The molecule has 2 heterocycles. The Morgan fingerprint density at radius 3 is 2.55 bits per heavy atom. The topological polar surface area (TPSA) is 73.1 Å². The zero-order chi connectivity index (χ0) is 22.4. The van der Waals surface area contributed by atoms with Gasteiger partial charge in [-0.15, -0.1) is 0 Å². The van der Waals surface area contributed by atoms with Crippen molar-refractivity contribution in [2.24, 2.45) is 4.99 Å². The van der Waals surface area contributed by atoms with Gasteiger partial charge in [-0.05, 0) is 36.8 Å². The molecule has 0 saturated carbocycles. The standard InChI is InChI=1S/C21H26F3N5O2/c1-15(21(22,23)24)28-8-10-29(11-9-28)20(25-2)26-14-16-5-3-6-17(13-16)27-19(30)18-7-4-12-31-18/h3-7,12-13,15H,8-11,14H2,1-2H3,(H,25,26)(H,27,30). The normalized spacial score (nSPS) is 16.8. The Morgan fingerprint density at radius 2 is 1.94 bits per heavy atom. The maximum absolute atomic E-state index is 12.9. The van der Waals surface area contributed by atoms with Gasteiger partial charge in [0.15, 0.2) is 11.7 Å². The van der Waals surface area contributed by atoms with Gasteiger partial charge in [-0.25, -0.2) is 0 Å². The molecule has 0 bridgehead atoms. The van der Waals surface area contributed by atoms with Gasteiger partial charge in [-0.1, -0.05) is 12.1 Å². The predicted octanol–water partition coefficient (Wildman–Crippen LogP) is 3.18. The van der Waals surface area contributed by atoms with Crippen molar-refractivity contribution in [3.05, 3.63) is 54.0 Å². The van der Waals surface area contributed by atoms with Gasteiger partial charge in [0.2, 0.25) is 0 Å². The van der Waals surface area contributed by atoms with E-state index in [4.69, 9.17) is 4.42 Å². The number of nitrogens with one attached hydrogen (secondary N) is 2. The third-order valence-electron chi connectivity index (χ3n) is 5.23. The number of halogens is 3. The van der Waals surface area contributed by atoms with Gasteiger partial charge in [-0.2, -0.15) is 13.2 Å². The molecule has 1 aliphatic heterocycles. The molecule has 31 heavy (non-hydrogen) atoms. The third-order valence-corrected chi connectivity index (χ3v) is 5.23. The van der Waals surface area contributed by atoms with Gasteiger partial charge >= 0.3 is 6.18 Å². The predicted molar refractivity (Wildman–Crippen MR) is 112 cm³/mol. The van der Waals surface area contributed by atoms with Crippen molar-refractivity contribution in [3.8, 4) is 0 Å². The van der Waals surface area contributed by atoms with E-state index in [0.717, 1.165) is 5.56 Å². The van der Waals surface area contributed by atoms with Crippen molar-refractivity contribution in [1.82, 2.24) is 15.1 Å². The molecule has 3 rings (SSSR count). The van der Waals surface area contributed by atoms with Crippen LogP contribution >= 0.6 is 0 Å². The number of piperazine rings is 1. The summed E-state index contributed by atoms with van der Waals surface area (Å²) in [6.45, 7) is 3.20. The second-order valence-corrected chi connectivity index (χ2v) is 7.27. The van der Waals surface area contributed by atoms with Gasteiger partial charge in [0.1, 0.15) is 6.04 Å². The summed E-state index contributed by atoms with van der Waals surface area (Å²) in [5.74, 6) is 0.518. The first-order valence-corrected chi connectivity index (χ1v) is 9.98. The van der Waals surface area contributed by atoms with E-state index < -0.39 is 12.2 Å². The summed E-state index contributed by atoms with van der Waals surface area (Å²) < 4.78 is 43.9. The highest BCUT2D eigenvalue weighted by atomic mass is 19.4. The van der Waals surface area contributed by atoms with E-state index in [0.29, 0.717) is 44.4 Å². The van der Waals surface area contributed by atoms with Crippen LogP contribution in [0.5, 0.6) is 0 Å². The van der Waals surface area contributed by atoms with Crippen molar-refractivity contribution < 1.29 is 22.4 Å². The van der Waals surface area contributed by atoms with Crippen LogP contribution in [0, 0.1) is 0 Å². The van der Waals surface area contributed by atoms with Crippen LogP contribution in [0.25, 0.3) is 0 Å². The van der Waals surface area contributed by atoms with Gasteiger partial charge in [0.25, 0.3) is 5.91 Å². The summed E-state index contributed by atoms with van der Waals surface area (Å²) in [4.78, 5) is 19.8. The van der Waals surface area contributed by atoms with Gasteiger partial charge in [0.05, 0.1) is 6.26 Å². The van der Waals surface area contributed by atoms with Crippen LogP contribution < -0.4 is 10.6 Å². The van der Waals surface area contributed by atoms with Crippen molar-refractivity contribution in [2.45, 2.75) is 25.7 Å². The second kappa shape index (κ2) is 9.86. The zero-order valence-electron chi connectivity index (χ0n) is 17.4. The molecule has 1 aromatic heterocycles. The average molecular weight is 437 g/mol. The summed E-state index contributed by atoms with van der Waals surface area (Å²) in [5.41, 5.74) is 1.55. The number of aliphatic imine (C=N–C) groups is 1. The Kier molecular flexibility index (Phi) is 7.21. The Hall–Kier alpha value is -3.01. The van der Waals surface area contributed by atoms with Gasteiger partial charge in [0, 0.05) is 45.5 Å². The summed E-state index contributed by atoms with van der Waals surface area (Å²) in [7, 11) is 1.65. The van der Waals surface area contributed by atoms with Crippen LogP contribution in [0.2, 0.25) is 0 Å². The molecule has 1 amide bonds. The minimum Gasteiger partial charge on any atom is -0.459 e. The number of rotatable bonds is 5. The van der Waals surface area contributed by atoms with E-state index in [2.05, 4.69) is 15.6 Å². The molecule has 1 aliphatic rings. The molecule has 1 unspecified atom stereocenters. The maximum atomic E-state index is 12.9. The van der Waals surface area contributed by atoms with E-state index in [1.807, 2.05) is 23.1 Å². The fraction of sp³-hybridized carbons (Fsp3) is 0.429. The number of benzene rings is 1. The first-order valence-electron chi connectivity index (χ1n) is 9.98. The molecule has 1 atom stereocenters. The third kappa shape index (κ3) is 6.00. The van der Waals surface area contributed by atoms with Crippen LogP contribution in [0.1, 0.15) is 23.0 Å². The molecule has 1 aromatic carbocycles. The quantitative estimate of drug-likeness (QED) is 0.555. The van der Waals surface area contributed by atoms with Crippen LogP contribution in [0.4, 0.5) is 18.9 Å². The van der Waals surface area contributed by atoms with E-state index in [9.17, 15) is 18.0 Å². The number of amides is 1. The minimum absolute atomic E-state index is 0.225. The summed E-state index contributed by atoms with van der Waals surface area (Å²) in [6.07, 6.45) is -2.79. The zero-order valence-corrected chi connectivity index (χ0v) is 17.4. The van der Waals surface area contributed by atoms with Crippen molar-refractivity contribution in [2.75, 3.05) is 38.5 Å². The highest BCUT2D eigenvalue weighted by molar-refractivity contribution is 6.02. The second-order valence-electron chi connectivity index (χ2n) is 7.27. The van der Waals surface area contributed by atoms with E-state index in [-0.39, 0.29) is 11.7 Å². The highest BCUT2D eigenvalue weighted by Crippen LogP contribution is 2.25. The molecule has 1 fully saturated rings. The SMILES string of the molecule is CN=C(NCc1cccc(NC(=O)c2ccco2)c1)N1CCN(C(C)C(F)(F)F)CC1.